The highest BCUT2D eigenvalue weighted by Crippen LogP contribution is 2.47. The molecule has 1 heterocycles. The number of aromatic nitrogens is 1. The van der Waals surface area contributed by atoms with E-state index in [0.717, 1.165) is 77.2 Å². The van der Waals surface area contributed by atoms with Crippen LogP contribution in [0.2, 0.25) is 0 Å². The predicted octanol–water partition coefficient (Wildman–Crippen LogP) is 13.4. The van der Waals surface area contributed by atoms with Crippen LogP contribution in [0.3, 0.4) is 0 Å². The molecule has 0 fully saturated rings. The first kappa shape index (κ1) is 29.2. The molecule has 0 amide bonds. The predicted molar refractivity (Wildman–Crippen MR) is 212 cm³/mol. The van der Waals surface area contributed by atoms with Crippen molar-refractivity contribution in [3.05, 3.63) is 188 Å². The summed E-state index contributed by atoms with van der Waals surface area (Å²) in [6.45, 7) is 0. The highest BCUT2D eigenvalue weighted by molar-refractivity contribution is 6.28. The molecule has 0 aliphatic rings. The Hall–Kier alpha value is -6.78. The number of halogens is 1. The van der Waals surface area contributed by atoms with Gasteiger partial charge in [-0.15, -0.1) is 0 Å². The highest BCUT2D eigenvalue weighted by atomic mass is 19.1. The summed E-state index contributed by atoms with van der Waals surface area (Å²) in [5.41, 5.74) is 5.32. The Kier molecular flexibility index (Phi) is 6.68. The Morgan fingerprint density at radius 2 is 0.941 bits per heavy atom. The molecular weight excluding hydrogens is 626 g/mol. The van der Waals surface area contributed by atoms with Crippen molar-refractivity contribution in [2.24, 2.45) is 0 Å². The fourth-order valence-corrected chi connectivity index (χ4v) is 7.67. The van der Waals surface area contributed by atoms with Crippen molar-refractivity contribution < 1.29 is 4.39 Å². The van der Waals surface area contributed by atoms with E-state index in [1.54, 1.807) is 6.07 Å². The Labute approximate surface area is 294 Å². The molecule has 0 bridgehead atoms. The molecule has 1 aromatic heterocycles. The van der Waals surface area contributed by atoms with E-state index in [2.05, 4.69) is 120 Å². The minimum atomic E-state index is -0.275. The molecule has 0 radical (unpaired) electrons. The van der Waals surface area contributed by atoms with Crippen molar-refractivity contribution in [2.75, 3.05) is 9.80 Å². The van der Waals surface area contributed by atoms with Crippen LogP contribution in [0, 0.1) is 5.82 Å². The summed E-state index contributed by atoms with van der Waals surface area (Å²) < 4.78 is 15.6. The van der Waals surface area contributed by atoms with Crippen molar-refractivity contribution in [1.82, 2.24) is 4.98 Å². The summed E-state index contributed by atoms with van der Waals surface area (Å²) in [6.07, 6.45) is 0. The molecule has 0 spiro atoms. The lowest BCUT2D eigenvalue weighted by Gasteiger charge is -2.29. The summed E-state index contributed by atoms with van der Waals surface area (Å²) in [6, 6.07) is 62.1. The van der Waals surface area contributed by atoms with Crippen LogP contribution in [0.25, 0.3) is 54.0 Å². The van der Waals surface area contributed by atoms with E-state index >= 15 is 4.39 Å². The summed E-state index contributed by atoms with van der Waals surface area (Å²) in [7, 11) is 0. The molecule has 0 saturated carbocycles. The van der Waals surface area contributed by atoms with Gasteiger partial charge in [-0.3, -0.25) is 4.90 Å². The molecule has 0 N–H and O–H groups in total. The molecule has 0 unspecified atom stereocenters. The minimum Gasteiger partial charge on any atom is -0.307 e. The van der Waals surface area contributed by atoms with E-state index in [9.17, 15) is 0 Å². The van der Waals surface area contributed by atoms with Gasteiger partial charge in [0.15, 0.2) is 0 Å². The lowest BCUT2D eigenvalue weighted by atomic mass is 9.91. The quantitative estimate of drug-likeness (QED) is 0.166. The average Bonchev–Trinajstić information content (AvgIpc) is 3.19. The number of hydrogen-bond acceptors (Lipinski definition) is 3. The van der Waals surface area contributed by atoms with Gasteiger partial charge in [0.1, 0.15) is 11.6 Å². The van der Waals surface area contributed by atoms with E-state index in [1.165, 1.54) is 11.5 Å². The fraction of sp³-hybridized carbons (Fsp3) is 0. The van der Waals surface area contributed by atoms with Gasteiger partial charge in [0, 0.05) is 27.5 Å². The first-order valence-corrected chi connectivity index (χ1v) is 17.2. The summed E-state index contributed by atoms with van der Waals surface area (Å²) in [5, 5.41) is 10.2. The van der Waals surface area contributed by atoms with Crippen molar-refractivity contribution >= 4 is 88.2 Å². The Morgan fingerprint density at radius 1 is 0.373 bits per heavy atom. The first-order valence-electron chi connectivity index (χ1n) is 17.2. The normalized spacial score (nSPS) is 11.6. The third-order valence-electron chi connectivity index (χ3n) is 10.0. The number of rotatable bonds is 6. The third-order valence-corrected chi connectivity index (χ3v) is 10.0. The number of benzene rings is 9. The van der Waals surface area contributed by atoms with E-state index in [0.29, 0.717) is 5.69 Å². The van der Waals surface area contributed by atoms with Crippen LogP contribution in [0.5, 0.6) is 0 Å². The van der Waals surface area contributed by atoms with Crippen LogP contribution in [0.4, 0.5) is 38.6 Å². The Bertz CT molecular complexity index is 2820. The maximum atomic E-state index is 15.6. The van der Waals surface area contributed by atoms with Gasteiger partial charge in [0.25, 0.3) is 0 Å². The lowest BCUT2D eigenvalue weighted by Crippen LogP contribution is -2.13. The number of nitrogens with zero attached hydrogens (tertiary/aromatic N) is 3. The summed E-state index contributed by atoms with van der Waals surface area (Å²) in [4.78, 5) is 9.52. The molecule has 0 atom stereocenters. The molecular formula is C47H30FN3. The maximum absolute atomic E-state index is 15.6. The van der Waals surface area contributed by atoms with E-state index in [4.69, 9.17) is 4.98 Å². The molecule has 0 aliphatic carbocycles. The number of para-hydroxylation sites is 3. The van der Waals surface area contributed by atoms with Crippen molar-refractivity contribution in [3.63, 3.8) is 0 Å². The molecule has 4 heteroatoms. The SMILES string of the molecule is Fc1ccccc1N(c1ccccc1)c1ccc2ccc3c(N(c4ccc5ccccc5c4)c4ccc5ccccc5n4)ccc4ccc1c2c43. The van der Waals surface area contributed by atoms with Gasteiger partial charge < -0.3 is 4.90 Å². The van der Waals surface area contributed by atoms with Crippen LogP contribution >= 0.6 is 0 Å². The molecule has 10 rings (SSSR count). The standard InChI is InChI=1S/C47H30FN3/c48-40-15-7-9-17-44(40)50(36-13-2-1-3-14-36)42-27-21-33-20-26-39-43(28-22-34-19-25-38(42)46(33)47(34)39)51(37-24-18-31-10-4-5-12-35(31)30-37)45-29-23-32-11-6-8-16-41(32)49-45/h1-30H. The molecule has 240 valence electrons. The van der Waals surface area contributed by atoms with Gasteiger partial charge in [0.05, 0.1) is 22.6 Å². The minimum absolute atomic E-state index is 0.275. The lowest BCUT2D eigenvalue weighted by molar-refractivity contribution is 0.629. The van der Waals surface area contributed by atoms with Crippen LogP contribution < -0.4 is 9.80 Å². The average molecular weight is 656 g/mol. The summed E-state index contributed by atoms with van der Waals surface area (Å²) in [5.74, 6) is 0.567. The van der Waals surface area contributed by atoms with Gasteiger partial charge in [-0.2, -0.15) is 0 Å². The smallest absolute Gasteiger partial charge is 0.147 e. The maximum Gasteiger partial charge on any atom is 0.147 e. The zero-order valence-electron chi connectivity index (χ0n) is 27.5. The Balaban J connectivity index is 1.25. The number of fused-ring (bicyclic) bond motifs is 2. The van der Waals surface area contributed by atoms with Gasteiger partial charge in [-0.05, 0) is 99.0 Å². The van der Waals surface area contributed by atoms with Gasteiger partial charge in [-0.1, -0.05) is 115 Å². The van der Waals surface area contributed by atoms with E-state index < -0.39 is 0 Å². The number of anilines is 6. The fourth-order valence-electron chi connectivity index (χ4n) is 7.67. The molecule has 9 aromatic carbocycles. The van der Waals surface area contributed by atoms with Crippen LogP contribution in [0.15, 0.2) is 182 Å². The largest absolute Gasteiger partial charge is 0.307 e. The molecule has 51 heavy (non-hydrogen) atoms. The molecule has 0 aliphatic heterocycles. The van der Waals surface area contributed by atoms with Crippen LogP contribution in [0.1, 0.15) is 0 Å². The van der Waals surface area contributed by atoms with Crippen LogP contribution in [-0.4, -0.2) is 4.98 Å². The first-order chi connectivity index (χ1) is 25.2. The van der Waals surface area contributed by atoms with E-state index in [1.807, 2.05) is 59.5 Å². The molecule has 3 nitrogen and oxygen atoms in total. The Morgan fingerprint density at radius 3 is 1.69 bits per heavy atom. The van der Waals surface area contributed by atoms with Gasteiger partial charge >= 0.3 is 0 Å². The second kappa shape index (κ2) is 11.7. The van der Waals surface area contributed by atoms with Crippen molar-refractivity contribution in [2.45, 2.75) is 0 Å². The van der Waals surface area contributed by atoms with Crippen LogP contribution in [-0.2, 0) is 0 Å². The number of hydrogen-bond donors (Lipinski definition) is 0. The van der Waals surface area contributed by atoms with E-state index in [-0.39, 0.29) is 5.82 Å². The van der Waals surface area contributed by atoms with Crippen molar-refractivity contribution in [1.29, 1.82) is 0 Å². The second-order valence-corrected chi connectivity index (χ2v) is 12.9. The number of pyridine rings is 1. The van der Waals surface area contributed by atoms with Gasteiger partial charge in [0.2, 0.25) is 0 Å². The van der Waals surface area contributed by atoms with Crippen molar-refractivity contribution in [3.8, 4) is 0 Å². The van der Waals surface area contributed by atoms with Gasteiger partial charge in [-0.25, -0.2) is 9.37 Å². The zero-order valence-corrected chi connectivity index (χ0v) is 27.5. The molecule has 0 saturated heterocycles. The topological polar surface area (TPSA) is 19.4 Å². The highest BCUT2D eigenvalue weighted by Gasteiger charge is 2.23. The monoisotopic (exact) mass is 655 g/mol. The zero-order chi connectivity index (χ0) is 33.9. The molecule has 10 aromatic rings. The second-order valence-electron chi connectivity index (χ2n) is 12.9. The summed E-state index contributed by atoms with van der Waals surface area (Å²) >= 11 is 0. The third kappa shape index (κ3) is 4.76.